The molecule has 0 spiro atoms. The van der Waals surface area contributed by atoms with E-state index >= 15 is 0 Å². The minimum absolute atomic E-state index is 0.0148. The molecule has 28 heavy (non-hydrogen) atoms. The van der Waals surface area contributed by atoms with E-state index in [-0.39, 0.29) is 12.0 Å². The third-order valence-electron chi connectivity index (χ3n) is 4.61. The van der Waals surface area contributed by atoms with Crippen LogP contribution in [0.5, 0.6) is 11.8 Å². The van der Waals surface area contributed by atoms with Crippen LogP contribution in [0.25, 0.3) is 5.69 Å². The molecule has 3 heterocycles. The van der Waals surface area contributed by atoms with Gasteiger partial charge in [-0.25, -0.2) is 4.68 Å². The molecule has 0 N–H and O–H groups in total. The van der Waals surface area contributed by atoms with Gasteiger partial charge in [0.1, 0.15) is 6.10 Å². The van der Waals surface area contributed by atoms with Crippen LogP contribution in [-0.4, -0.2) is 56.9 Å². The zero-order chi connectivity index (χ0) is 19.3. The number of carbonyl (C=O) groups is 1. The van der Waals surface area contributed by atoms with Crippen LogP contribution < -0.4 is 9.47 Å². The summed E-state index contributed by atoms with van der Waals surface area (Å²) in [6, 6.07) is 9.32. The Morgan fingerprint density at radius 3 is 2.93 bits per heavy atom. The molecule has 8 nitrogen and oxygen atoms in total. The first-order chi connectivity index (χ1) is 13.7. The molecule has 1 aliphatic heterocycles. The number of aromatic nitrogens is 4. The van der Waals surface area contributed by atoms with Crippen molar-refractivity contribution in [3.05, 3.63) is 60.7 Å². The summed E-state index contributed by atoms with van der Waals surface area (Å²) in [6.07, 6.45) is 8.23. The van der Waals surface area contributed by atoms with E-state index in [0.29, 0.717) is 30.4 Å². The number of benzene rings is 1. The Bertz CT molecular complexity index is 945. The molecule has 3 aromatic rings. The van der Waals surface area contributed by atoms with Crippen LogP contribution in [0.3, 0.4) is 0 Å². The van der Waals surface area contributed by atoms with E-state index in [2.05, 4.69) is 15.1 Å². The van der Waals surface area contributed by atoms with Crippen LogP contribution >= 0.6 is 0 Å². The standard InChI is InChI=1S/C20H21N5O3/c1-27-18-12-21-13-19(23-18)28-17-7-3-9-24(14-17)20(26)15-5-2-6-16(11-15)25-10-4-8-22-25/h2,4-6,8,10-13,17H,3,7,9,14H2,1H3. The van der Waals surface area contributed by atoms with Crippen LogP contribution in [0.4, 0.5) is 0 Å². The number of amides is 1. The molecule has 1 amide bonds. The molecular formula is C20H21N5O3. The Hall–Kier alpha value is -3.42. The SMILES string of the molecule is COc1cncc(OC2CCCN(C(=O)c3cccc(-n4cccn4)c3)C2)n1. The summed E-state index contributed by atoms with van der Waals surface area (Å²) >= 11 is 0. The fourth-order valence-corrected chi connectivity index (χ4v) is 3.26. The maximum Gasteiger partial charge on any atom is 0.254 e. The molecule has 1 saturated heterocycles. The number of piperidine rings is 1. The fourth-order valence-electron chi connectivity index (χ4n) is 3.26. The Kier molecular flexibility index (Phi) is 5.18. The van der Waals surface area contributed by atoms with Crippen molar-refractivity contribution in [3.63, 3.8) is 0 Å². The van der Waals surface area contributed by atoms with Crippen molar-refractivity contribution in [3.8, 4) is 17.4 Å². The van der Waals surface area contributed by atoms with Crippen LogP contribution in [-0.2, 0) is 0 Å². The Labute approximate surface area is 162 Å². The third-order valence-corrected chi connectivity index (χ3v) is 4.61. The zero-order valence-corrected chi connectivity index (χ0v) is 15.6. The van der Waals surface area contributed by atoms with E-state index in [1.165, 1.54) is 13.3 Å². The summed E-state index contributed by atoms with van der Waals surface area (Å²) in [6.45, 7) is 1.21. The number of hydrogen-bond acceptors (Lipinski definition) is 6. The van der Waals surface area contributed by atoms with E-state index < -0.39 is 0 Å². The summed E-state index contributed by atoms with van der Waals surface area (Å²) in [7, 11) is 1.53. The zero-order valence-electron chi connectivity index (χ0n) is 15.6. The Morgan fingerprint density at radius 2 is 2.11 bits per heavy atom. The highest BCUT2D eigenvalue weighted by Crippen LogP contribution is 2.20. The second-order valence-corrected chi connectivity index (χ2v) is 6.53. The van der Waals surface area contributed by atoms with Gasteiger partial charge in [0.2, 0.25) is 11.8 Å². The first-order valence-electron chi connectivity index (χ1n) is 9.15. The molecule has 1 aliphatic rings. The predicted octanol–water partition coefficient (Wildman–Crippen LogP) is 2.35. The number of nitrogens with zero attached hydrogens (tertiary/aromatic N) is 5. The highest BCUT2D eigenvalue weighted by molar-refractivity contribution is 5.94. The van der Waals surface area contributed by atoms with Gasteiger partial charge in [-0.1, -0.05) is 6.07 Å². The lowest BCUT2D eigenvalue weighted by Crippen LogP contribution is -2.44. The van der Waals surface area contributed by atoms with E-state index in [1.54, 1.807) is 17.1 Å². The lowest BCUT2D eigenvalue weighted by Gasteiger charge is -2.32. The number of carbonyl (C=O) groups excluding carboxylic acids is 1. The van der Waals surface area contributed by atoms with Crippen molar-refractivity contribution in [1.29, 1.82) is 0 Å². The first-order valence-corrected chi connectivity index (χ1v) is 9.15. The molecule has 2 aromatic heterocycles. The van der Waals surface area contributed by atoms with E-state index in [0.717, 1.165) is 18.5 Å². The number of hydrogen-bond donors (Lipinski definition) is 0. The molecular weight excluding hydrogens is 358 g/mol. The average Bonchev–Trinajstić information content (AvgIpc) is 3.29. The van der Waals surface area contributed by atoms with Gasteiger partial charge in [0, 0.05) is 24.5 Å². The second kappa shape index (κ2) is 8.08. The van der Waals surface area contributed by atoms with Gasteiger partial charge >= 0.3 is 0 Å². The normalized spacial score (nSPS) is 16.6. The lowest BCUT2D eigenvalue weighted by atomic mass is 10.1. The van der Waals surface area contributed by atoms with Crippen molar-refractivity contribution in [2.75, 3.05) is 20.2 Å². The first kappa shape index (κ1) is 18.0. The molecule has 0 aliphatic carbocycles. The summed E-state index contributed by atoms with van der Waals surface area (Å²) in [5.41, 5.74) is 1.49. The largest absolute Gasteiger partial charge is 0.480 e. The van der Waals surface area contributed by atoms with Gasteiger partial charge in [-0.05, 0) is 37.1 Å². The molecule has 0 radical (unpaired) electrons. The molecule has 1 unspecified atom stereocenters. The maximum atomic E-state index is 13.0. The quantitative estimate of drug-likeness (QED) is 0.677. The molecule has 8 heteroatoms. The van der Waals surface area contributed by atoms with Gasteiger partial charge < -0.3 is 14.4 Å². The van der Waals surface area contributed by atoms with E-state index in [4.69, 9.17) is 9.47 Å². The fraction of sp³-hybridized carbons (Fsp3) is 0.300. The van der Waals surface area contributed by atoms with Crippen molar-refractivity contribution in [1.82, 2.24) is 24.6 Å². The smallest absolute Gasteiger partial charge is 0.254 e. The summed E-state index contributed by atoms with van der Waals surface area (Å²) < 4.78 is 12.7. The van der Waals surface area contributed by atoms with Gasteiger partial charge in [0.15, 0.2) is 0 Å². The molecule has 1 atom stereocenters. The second-order valence-electron chi connectivity index (χ2n) is 6.53. The number of ether oxygens (including phenoxy) is 2. The van der Waals surface area contributed by atoms with Gasteiger partial charge in [-0.3, -0.25) is 9.78 Å². The summed E-state index contributed by atoms with van der Waals surface area (Å²) in [5, 5.41) is 4.22. The van der Waals surface area contributed by atoms with Crippen LogP contribution in [0.1, 0.15) is 23.2 Å². The van der Waals surface area contributed by atoms with Crippen molar-refractivity contribution < 1.29 is 14.3 Å². The van der Waals surface area contributed by atoms with Crippen molar-refractivity contribution in [2.24, 2.45) is 0 Å². The van der Waals surface area contributed by atoms with Crippen molar-refractivity contribution >= 4 is 5.91 Å². The Balaban J connectivity index is 1.45. The molecule has 1 aromatic carbocycles. The lowest BCUT2D eigenvalue weighted by molar-refractivity contribution is 0.0525. The van der Waals surface area contributed by atoms with Gasteiger partial charge in [0.05, 0.1) is 31.7 Å². The maximum absolute atomic E-state index is 13.0. The summed E-state index contributed by atoms with van der Waals surface area (Å²) in [5.74, 6) is 0.787. The van der Waals surface area contributed by atoms with E-state index in [1.807, 2.05) is 41.4 Å². The van der Waals surface area contributed by atoms with E-state index in [9.17, 15) is 4.79 Å². The van der Waals surface area contributed by atoms with Gasteiger partial charge in [-0.15, -0.1) is 0 Å². The minimum atomic E-state index is -0.131. The highest BCUT2D eigenvalue weighted by atomic mass is 16.5. The number of likely N-dealkylation sites (tertiary alicyclic amines) is 1. The predicted molar refractivity (Wildman–Crippen MR) is 102 cm³/mol. The average molecular weight is 379 g/mol. The van der Waals surface area contributed by atoms with Crippen LogP contribution in [0.15, 0.2) is 55.1 Å². The highest BCUT2D eigenvalue weighted by Gasteiger charge is 2.26. The monoisotopic (exact) mass is 379 g/mol. The number of methoxy groups -OCH3 is 1. The molecule has 1 fully saturated rings. The van der Waals surface area contributed by atoms with Crippen LogP contribution in [0.2, 0.25) is 0 Å². The third kappa shape index (κ3) is 3.95. The molecule has 4 rings (SSSR count). The molecule has 0 saturated carbocycles. The molecule has 144 valence electrons. The topological polar surface area (TPSA) is 82.4 Å². The Morgan fingerprint density at radius 1 is 1.21 bits per heavy atom. The van der Waals surface area contributed by atoms with Gasteiger partial charge in [-0.2, -0.15) is 10.1 Å². The van der Waals surface area contributed by atoms with Gasteiger partial charge in [0.25, 0.3) is 5.91 Å². The number of rotatable bonds is 5. The minimum Gasteiger partial charge on any atom is -0.480 e. The van der Waals surface area contributed by atoms with Crippen LogP contribution in [0, 0.1) is 0 Å². The van der Waals surface area contributed by atoms with Crippen molar-refractivity contribution in [2.45, 2.75) is 18.9 Å². The molecule has 0 bridgehead atoms. The summed E-state index contributed by atoms with van der Waals surface area (Å²) in [4.78, 5) is 23.1.